The lowest BCUT2D eigenvalue weighted by Gasteiger charge is -2.30. The second-order valence-electron chi connectivity index (χ2n) is 8.25. The lowest BCUT2D eigenvalue weighted by molar-refractivity contribution is -0.117. The number of carbonyl (C=O) groups excluding carboxylic acids is 1. The fourth-order valence-electron chi connectivity index (χ4n) is 4.33. The molecule has 4 rings (SSSR count). The molecule has 1 heterocycles. The van der Waals surface area contributed by atoms with Crippen LogP contribution in [-0.2, 0) is 27.7 Å². The average Bonchev–Trinajstić information content (AvgIpc) is 3.13. The van der Waals surface area contributed by atoms with Gasteiger partial charge in [-0.25, -0.2) is 8.42 Å². The molecule has 3 aromatic rings. The molecule has 6 heteroatoms. The van der Waals surface area contributed by atoms with E-state index >= 15 is 0 Å². The Morgan fingerprint density at radius 2 is 1.66 bits per heavy atom. The number of fused-ring (bicyclic) bond motifs is 1. The van der Waals surface area contributed by atoms with Gasteiger partial charge in [-0.2, -0.15) is 0 Å². The van der Waals surface area contributed by atoms with E-state index < -0.39 is 10.0 Å². The Morgan fingerprint density at radius 3 is 2.38 bits per heavy atom. The monoisotopic (exact) mass is 448 g/mol. The molecule has 1 aliphatic rings. The molecule has 0 aliphatic carbocycles. The number of carbonyl (C=O) groups is 1. The van der Waals surface area contributed by atoms with Gasteiger partial charge in [-0.1, -0.05) is 61.0 Å². The minimum absolute atomic E-state index is 0.0229. The van der Waals surface area contributed by atoms with Crippen molar-refractivity contribution in [2.45, 2.75) is 44.6 Å². The van der Waals surface area contributed by atoms with Crippen LogP contribution in [-0.4, -0.2) is 26.9 Å². The Bertz CT molecular complexity index is 1240. The van der Waals surface area contributed by atoms with Crippen molar-refractivity contribution < 1.29 is 13.2 Å². The van der Waals surface area contributed by atoms with Crippen LogP contribution in [0, 0.1) is 6.92 Å². The minimum Gasteiger partial charge on any atom is -0.307 e. The molecule has 32 heavy (non-hydrogen) atoms. The first-order valence-electron chi connectivity index (χ1n) is 10.9. The number of anilines is 2. The van der Waals surface area contributed by atoms with Gasteiger partial charge in [0, 0.05) is 11.7 Å². The maximum Gasteiger partial charge on any atom is 0.264 e. The summed E-state index contributed by atoms with van der Waals surface area (Å²) < 4.78 is 28.8. The molecule has 1 amide bonds. The third-order valence-electron chi connectivity index (χ3n) is 6.01. The van der Waals surface area contributed by atoms with Gasteiger partial charge in [-0.3, -0.25) is 9.10 Å². The van der Waals surface area contributed by atoms with Crippen LogP contribution < -0.4 is 9.21 Å². The number of nitrogens with zero attached hydrogens (tertiary/aromatic N) is 2. The standard InChI is InChI=1S/C26H28N2O3S/c1-4-21-9-5-7-11-24(21)27(32(30,31)23-15-13-19(2)14-16-23)18-26(29)28-20(3)17-22-10-6-8-12-25(22)28/h5-16,20H,4,17-18H2,1-3H3/t20-/m1/s1. The lowest BCUT2D eigenvalue weighted by atomic mass is 10.1. The number of aryl methyl sites for hydroxylation is 2. The van der Waals surface area contributed by atoms with Crippen LogP contribution in [0.3, 0.4) is 0 Å². The van der Waals surface area contributed by atoms with Crippen LogP contribution in [0.2, 0.25) is 0 Å². The molecule has 0 radical (unpaired) electrons. The smallest absolute Gasteiger partial charge is 0.264 e. The quantitative estimate of drug-likeness (QED) is 0.548. The third-order valence-corrected chi connectivity index (χ3v) is 7.78. The van der Waals surface area contributed by atoms with Gasteiger partial charge in [-0.05, 0) is 62.1 Å². The number of hydrogen-bond donors (Lipinski definition) is 0. The number of sulfonamides is 1. The Hall–Kier alpha value is -3.12. The highest BCUT2D eigenvalue weighted by molar-refractivity contribution is 7.92. The summed E-state index contributed by atoms with van der Waals surface area (Å²) in [5.74, 6) is -0.232. The number of benzene rings is 3. The van der Waals surface area contributed by atoms with Crippen molar-refractivity contribution in [2.24, 2.45) is 0 Å². The molecule has 5 nitrogen and oxygen atoms in total. The lowest BCUT2D eigenvalue weighted by Crippen LogP contribution is -2.45. The Labute approximate surface area is 190 Å². The third kappa shape index (κ3) is 4.02. The fourth-order valence-corrected chi connectivity index (χ4v) is 5.79. The van der Waals surface area contributed by atoms with E-state index in [1.165, 1.54) is 4.31 Å². The highest BCUT2D eigenvalue weighted by atomic mass is 32.2. The molecular formula is C26H28N2O3S. The molecule has 1 atom stereocenters. The summed E-state index contributed by atoms with van der Waals surface area (Å²) in [6.07, 6.45) is 1.42. The van der Waals surface area contributed by atoms with E-state index in [9.17, 15) is 13.2 Å². The van der Waals surface area contributed by atoms with Gasteiger partial charge < -0.3 is 4.90 Å². The molecule has 3 aromatic carbocycles. The van der Waals surface area contributed by atoms with E-state index in [0.717, 1.165) is 28.8 Å². The van der Waals surface area contributed by atoms with Crippen LogP contribution in [0.1, 0.15) is 30.5 Å². The van der Waals surface area contributed by atoms with Gasteiger partial charge in [0.15, 0.2) is 0 Å². The molecule has 0 saturated heterocycles. The summed E-state index contributed by atoms with van der Waals surface area (Å²) in [5, 5.41) is 0. The van der Waals surface area contributed by atoms with Crippen LogP contribution in [0.4, 0.5) is 11.4 Å². The van der Waals surface area contributed by atoms with Crippen molar-refractivity contribution in [3.63, 3.8) is 0 Å². The van der Waals surface area contributed by atoms with Crippen molar-refractivity contribution in [1.82, 2.24) is 0 Å². The van der Waals surface area contributed by atoms with Crippen molar-refractivity contribution in [3.8, 4) is 0 Å². The zero-order chi connectivity index (χ0) is 22.9. The Balaban J connectivity index is 1.77. The topological polar surface area (TPSA) is 57.7 Å². The molecule has 0 bridgehead atoms. The molecule has 0 aromatic heterocycles. The van der Waals surface area contributed by atoms with Crippen LogP contribution >= 0.6 is 0 Å². The van der Waals surface area contributed by atoms with Gasteiger partial charge in [0.1, 0.15) is 6.54 Å². The van der Waals surface area contributed by atoms with Gasteiger partial charge in [-0.15, -0.1) is 0 Å². The number of hydrogen-bond acceptors (Lipinski definition) is 3. The zero-order valence-corrected chi connectivity index (χ0v) is 19.5. The van der Waals surface area contributed by atoms with Gasteiger partial charge in [0.05, 0.1) is 10.6 Å². The van der Waals surface area contributed by atoms with Gasteiger partial charge >= 0.3 is 0 Å². The van der Waals surface area contributed by atoms with Crippen molar-refractivity contribution >= 4 is 27.3 Å². The van der Waals surface area contributed by atoms with E-state index in [-0.39, 0.29) is 23.4 Å². The van der Waals surface area contributed by atoms with Gasteiger partial charge in [0.25, 0.3) is 10.0 Å². The SMILES string of the molecule is CCc1ccccc1N(CC(=O)N1c2ccccc2C[C@H]1C)S(=O)(=O)c1ccc(C)cc1. The second kappa shape index (κ2) is 8.79. The Kier molecular flexibility index (Phi) is 6.07. The highest BCUT2D eigenvalue weighted by Crippen LogP contribution is 2.33. The molecule has 0 fully saturated rings. The summed E-state index contributed by atoms with van der Waals surface area (Å²) in [7, 11) is -3.94. The first-order valence-corrected chi connectivity index (χ1v) is 12.3. The summed E-state index contributed by atoms with van der Waals surface area (Å²) in [5.41, 5.74) is 4.37. The van der Waals surface area contributed by atoms with Crippen LogP contribution in [0.15, 0.2) is 77.7 Å². The van der Waals surface area contributed by atoms with E-state index in [4.69, 9.17) is 0 Å². The number of para-hydroxylation sites is 2. The average molecular weight is 449 g/mol. The largest absolute Gasteiger partial charge is 0.307 e. The van der Waals surface area contributed by atoms with Gasteiger partial charge in [0.2, 0.25) is 5.91 Å². The fraction of sp³-hybridized carbons (Fsp3) is 0.269. The minimum atomic E-state index is -3.94. The zero-order valence-electron chi connectivity index (χ0n) is 18.7. The molecule has 0 unspecified atom stereocenters. The first-order chi connectivity index (χ1) is 15.3. The van der Waals surface area contributed by atoms with E-state index in [1.54, 1.807) is 35.2 Å². The predicted octanol–water partition coefficient (Wildman–Crippen LogP) is 4.73. The second-order valence-corrected chi connectivity index (χ2v) is 10.1. The van der Waals surface area contributed by atoms with Crippen LogP contribution in [0.5, 0.6) is 0 Å². The van der Waals surface area contributed by atoms with E-state index in [0.29, 0.717) is 12.1 Å². The van der Waals surface area contributed by atoms with Crippen molar-refractivity contribution in [1.29, 1.82) is 0 Å². The summed E-state index contributed by atoms with van der Waals surface area (Å²) in [4.78, 5) is 15.5. The number of amides is 1. The first kappa shape index (κ1) is 22.1. The highest BCUT2D eigenvalue weighted by Gasteiger charge is 2.35. The van der Waals surface area contributed by atoms with Crippen molar-refractivity contribution in [3.05, 3.63) is 89.5 Å². The van der Waals surface area contributed by atoms with Crippen molar-refractivity contribution in [2.75, 3.05) is 15.7 Å². The van der Waals surface area contributed by atoms with E-state index in [1.807, 2.05) is 63.2 Å². The maximum absolute atomic E-state index is 13.7. The normalized spacial score (nSPS) is 15.5. The predicted molar refractivity (Wildman–Crippen MR) is 129 cm³/mol. The molecule has 166 valence electrons. The summed E-state index contributed by atoms with van der Waals surface area (Å²) in [6.45, 7) is 5.63. The summed E-state index contributed by atoms with van der Waals surface area (Å²) in [6, 6.07) is 21.9. The summed E-state index contributed by atoms with van der Waals surface area (Å²) >= 11 is 0. The molecular weight excluding hydrogens is 420 g/mol. The maximum atomic E-state index is 13.7. The number of rotatable bonds is 6. The Morgan fingerprint density at radius 1 is 1.00 bits per heavy atom. The molecule has 0 spiro atoms. The van der Waals surface area contributed by atoms with Crippen LogP contribution in [0.25, 0.3) is 0 Å². The molecule has 0 N–H and O–H groups in total. The van der Waals surface area contributed by atoms with E-state index in [2.05, 4.69) is 0 Å². The molecule has 0 saturated carbocycles. The molecule has 1 aliphatic heterocycles.